The second kappa shape index (κ2) is 11.2. The second-order valence-electron chi connectivity index (χ2n) is 17.8. The van der Waals surface area contributed by atoms with Gasteiger partial charge < -0.3 is 14.9 Å². The molecular formula is C39H56O6. The van der Waals surface area contributed by atoms with Crippen molar-refractivity contribution in [2.45, 2.75) is 144 Å². The van der Waals surface area contributed by atoms with Crippen molar-refractivity contribution in [3.05, 3.63) is 11.1 Å². The molecule has 0 spiro atoms. The molecule has 6 rings (SSSR count). The Hall–Kier alpha value is -2.29. The first kappa shape index (κ1) is 32.6. The van der Waals surface area contributed by atoms with Crippen LogP contribution in [0, 0.1) is 68.5 Å². The number of hydrogen-bond donors (Lipinski definition) is 2. The first-order chi connectivity index (χ1) is 21.0. The van der Waals surface area contributed by atoms with Gasteiger partial charge >= 0.3 is 17.9 Å². The fourth-order valence-corrected chi connectivity index (χ4v) is 12.6. The van der Waals surface area contributed by atoms with Crippen LogP contribution < -0.4 is 0 Å². The Morgan fingerprint density at radius 3 is 2.27 bits per heavy atom. The molecule has 0 radical (unpaired) electrons. The molecule has 0 heterocycles. The van der Waals surface area contributed by atoms with Crippen LogP contribution in [0.1, 0.15) is 138 Å². The molecule has 0 aliphatic heterocycles. The van der Waals surface area contributed by atoms with Crippen molar-refractivity contribution in [2.24, 2.45) is 56.7 Å². The standard InChI is InChI=1S/C39H56O6/c1-35(2,34(43)44)23-32(40)45-31-17-20-38(6)29(36(31,3)4)16-19-37(5)27-15-22-39(21-14-24-9-7-10-25(24)33(41)42)18-8-11-28(39)26(27)12-13-30(37)38/h26-31H,7-13,15-20,22-23H2,1-6H3,(H,41,42)(H,43,44). The van der Waals surface area contributed by atoms with Crippen molar-refractivity contribution in [2.75, 3.05) is 0 Å². The van der Waals surface area contributed by atoms with Gasteiger partial charge in [0.15, 0.2) is 0 Å². The first-order valence-corrected chi connectivity index (χ1v) is 18.0. The van der Waals surface area contributed by atoms with Crippen LogP contribution in [-0.4, -0.2) is 34.2 Å². The summed E-state index contributed by atoms with van der Waals surface area (Å²) in [7, 11) is 0. The highest BCUT2D eigenvalue weighted by Crippen LogP contribution is 2.73. The zero-order valence-electron chi connectivity index (χ0n) is 28.6. The lowest BCUT2D eigenvalue weighted by Gasteiger charge is -2.69. The molecule has 9 atom stereocenters. The van der Waals surface area contributed by atoms with E-state index < -0.39 is 17.4 Å². The van der Waals surface area contributed by atoms with Crippen LogP contribution in [-0.2, 0) is 19.1 Å². The average molecular weight is 621 g/mol. The third-order valence-electron chi connectivity index (χ3n) is 14.8. The van der Waals surface area contributed by atoms with Gasteiger partial charge in [0.05, 0.1) is 11.8 Å². The van der Waals surface area contributed by atoms with Crippen molar-refractivity contribution in [3.63, 3.8) is 0 Å². The molecule has 0 aromatic heterocycles. The molecule has 0 aromatic rings. The van der Waals surface area contributed by atoms with Crippen LogP contribution in [0.25, 0.3) is 0 Å². The molecule has 6 heteroatoms. The summed E-state index contributed by atoms with van der Waals surface area (Å²) in [6.45, 7) is 13.0. The maximum atomic E-state index is 13.0. The Balaban J connectivity index is 1.20. The molecular weight excluding hydrogens is 564 g/mol. The summed E-state index contributed by atoms with van der Waals surface area (Å²) in [6.07, 6.45) is 14.9. The highest BCUT2D eigenvalue weighted by Gasteiger charge is 2.66. The number of rotatable bonds is 5. The number of carbonyl (C=O) groups is 3. The molecule has 0 aromatic carbocycles. The van der Waals surface area contributed by atoms with Gasteiger partial charge in [-0.3, -0.25) is 9.59 Å². The SMILES string of the molecule is CC(C)(CC(=O)OC1CCC2(C)C(CCC3(C)C4CCC5(C#CC6=C(C(=O)O)CCC6)CCCC5C4CCC32)C1(C)C)C(=O)O. The van der Waals surface area contributed by atoms with Crippen molar-refractivity contribution in [1.29, 1.82) is 0 Å². The highest BCUT2D eigenvalue weighted by atomic mass is 16.5. The predicted octanol–water partition coefficient (Wildman–Crippen LogP) is 8.43. The number of carbonyl (C=O) groups excluding carboxylic acids is 1. The van der Waals surface area contributed by atoms with E-state index in [0.29, 0.717) is 47.0 Å². The van der Waals surface area contributed by atoms with E-state index >= 15 is 0 Å². The number of carboxylic acids is 2. The number of aliphatic carboxylic acids is 2. The fraction of sp³-hybridized carbons (Fsp3) is 0.821. The number of fused-ring (bicyclic) bond motifs is 7. The number of carboxylic acid groups (broad SMARTS) is 2. The van der Waals surface area contributed by atoms with Crippen LogP contribution in [0.15, 0.2) is 11.1 Å². The van der Waals surface area contributed by atoms with Gasteiger partial charge in [-0.25, -0.2) is 4.79 Å². The predicted molar refractivity (Wildman–Crippen MR) is 173 cm³/mol. The largest absolute Gasteiger partial charge is 0.481 e. The Morgan fingerprint density at radius 2 is 1.56 bits per heavy atom. The van der Waals surface area contributed by atoms with Crippen LogP contribution in [0.2, 0.25) is 0 Å². The molecule has 0 saturated heterocycles. The summed E-state index contributed by atoms with van der Waals surface area (Å²) in [6, 6.07) is 0. The van der Waals surface area contributed by atoms with E-state index in [0.717, 1.165) is 44.1 Å². The van der Waals surface area contributed by atoms with Gasteiger partial charge in [0.2, 0.25) is 0 Å². The van der Waals surface area contributed by atoms with Crippen LogP contribution >= 0.6 is 0 Å². The first-order valence-electron chi connectivity index (χ1n) is 18.0. The minimum Gasteiger partial charge on any atom is -0.481 e. The van der Waals surface area contributed by atoms with Crippen molar-refractivity contribution < 1.29 is 29.3 Å². The molecule has 0 amide bonds. The number of hydrogen-bond acceptors (Lipinski definition) is 4. The Morgan fingerprint density at radius 1 is 0.822 bits per heavy atom. The number of esters is 1. The Kier molecular flexibility index (Phi) is 8.09. The van der Waals surface area contributed by atoms with Crippen molar-refractivity contribution >= 4 is 17.9 Å². The van der Waals surface area contributed by atoms with E-state index in [1.165, 1.54) is 44.9 Å². The topological polar surface area (TPSA) is 101 Å². The summed E-state index contributed by atoms with van der Waals surface area (Å²) < 4.78 is 6.12. The summed E-state index contributed by atoms with van der Waals surface area (Å²) in [4.78, 5) is 36.4. The van der Waals surface area contributed by atoms with Crippen LogP contribution in [0.5, 0.6) is 0 Å². The minimum atomic E-state index is -1.13. The highest BCUT2D eigenvalue weighted by molar-refractivity contribution is 5.89. The second-order valence-corrected chi connectivity index (χ2v) is 17.8. The van der Waals surface area contributed by atoms with E-state index in [9.17, 15) is 24.6 Å². The van der Waals surface area contributed by atoms with Crippen molar-refractivity contribution in [1.82, 2.24) is 0 Å². The van der Waals surface area contributed by atoms with Crippen LogP contribution in [0.3, 0.4) is 0 Å². The maximum absolute atomic E-state index is 13.0. The molecule has 9 unspecified atom stereocenters. The Labute approximate surface area is 270 Å². The molecule has 248 valence electrons. The number of allylic oxidation sites excluding steroid dienone is 1. The van der Waals surface area contributed by atoms with E-state index in [4.69, 9.17) is 4.74 Å². The van der Waals surface area contributed by atoms with E-state index in [-0.39, 0.29) is 34.7 Å². The zero-order chi connectivity index (χ0) is 32.6. The summed E-state index contributed by atoms with van der Waals surface area (Å²) in [5.74, 6) is 8.29. The molecule has 2 N–H and O–H groups in total. The maximum Gasteiger partial charge on any atom is 0.332 e. The van der Waals surface area contributed by atoms with Gasteiger partial charge in [-0.1, -0.05) is 46.0 Å². The molecule has 5 saturated carbocycles. The normalized spacial score (nSPS) is 41.9. The van der Waals surface area contributed by atoms with Gasteiger partial charge in [-0.15, -0.1) is 0 Å². The zero-order valence-corrected chi connectivity index (χ0v) is 28.6. The van der Waals surface area contributed by atoms with Gasteiger partial charge in [0.1, 0.15) is 6.10 Å². The van der Waals surface area contributed by atoms with Gasteiger partial charge in [0.25, 0.3) is 0 Å². The fourth-order valence-electron chi connectivity index (χ4n) is 12.6. The smallest absolute Gasteiger partial charge is 0.332 e. The van der Waals surface area contributed by atoms with Crippen molar-refractivity contribution in [3.8, 4) is 11.8 Å². The Bertz CT molecular complexity index is 1340. The molecule has 6 aliphatic carbocycles. The summed E-state index contributed by atoms with van der Waals surface area (Å²) in [5, 5.41) is 19.2. The van der Waals surface area contributed by atoms with Gasteiger partial charge in [-0.2, -0.15) is 0 Å². The summed E-state index contributed by atoms with van der Waals surface area (Å²) >= 11 is 0. The molecule has 5 fully saturated rings. The van der Waals surface area contributed by atoms with E-state index in [2.05, 4.69) is 39.5 Å². The van der Waals surface area contributed by atoms with E-state index in [1.807, 2.05) is 0 Å². The number of ether oxygens (including phenoxy) is 1. The van der Waals surface area contributed by atoms with E-state index in [1.54, 1.807) is 13.8 Å². The lowest BCUT2D eigenvalue weighted by molar-refractivity contribution is -0.220. The molecule has 45 heavy (non-hydrogen) atoms. The quantitative estimate of drug-likeness (QED) is 0.236. The average Bonchev–Trinajstić information content (AvgIpc) is 3.60. The van der Waals surface area contributed by atoms with Gasteiger partial charge in [-0.05, 0) is 138 Å². The molecule has 6 aliphatic rings. The molecule has 0 bridgehead atoms. The lowest BCUT2D eigenvalue weighted by atomic mass is 9.36. The third kappa shape index (κ3) is 5.18. The third-order valence-corrected chi connectivity index (χ3v) is 14.8. The van der Waals surface area contributed by atoms with Gasteiger partial charge in [0, 0.05) is 22.0 Å². The van der Waals surface area contributed by atoms with Crippen LogP contribution in [0.4, 0.5) is 0 Å². The minimum absolute atomic E-state index is 0.0593. The lowest BCUT2D eigenvalue weighted by Crippen LogP contribution is -2.63. The molecule has 6 nitrogen and oxygen atoms in total. The monoisotopic (exact) mass is 620 g/mol. The summed E-state index contributed by atoms with van der Waals surface area (Å²) in [5.41, 5.74) is 0.693.